The number of phenolic OH excluding ortho intramolecular Hbond substituents is 1. The van der Waals surface area contributed by atoms with E-state index in [0.717, 1.165) is 12.8 Å². The number of alkyl halides is 1. The van der Waals surface area contributed by atoms with Crippen molar-refractivity contribution >= 4 is 27.1 Å². The number of hydrogen-bond acceptors (Lipinski definition) is 5. The molecule has 0 atom stereocenters. The second-order valence-corrected chi connectivity index (χ2v) is 8.88. The van der Waals surface area contributed by atoms with Gasteiger partial charge in [-0.15, -0.1) is 0 Å². The van der Waals surface area contributed by atoms with Crippen LogP contribution < -0.4 is 5.73 Å². The fourth-order valence-corrected chi connectivity index (χ4v) is 5.48. The Bertz CT molecular complexity index is 716. The summed E-state index contributed by atoms with van der Waals surface area (Å²) in [5, 5.41) is 7.34. The number of likely N-dealkylation sites (tertiary alicyclic amines) is 1. The number of aromatic hydroxyl groups is 1. The molecular formula is C19H32ClFN2O3S. The molecule has 1 saturated carbocycles. The summed E-state index contributed by atoms with van der Waals surface area (Å²) in [7, 11) is -4.44. The van der Waals surface area contributed by atoms with E-state index in [2.05, 4.69) is 4.90 Å². The third-order valence-corrected chi connectivity index (χ3v) is 7.75. The first-order valence-electron chi connectivity index (χ1n) is 9.71. The average molecular weight is 423 g/mol. The van der Waals surface area contributed by atoms with Crippen molar-refractivity contribution in [3.05, 3.63) is 17.2 Å². The summed E-state index contributed by atoms with van der Waals surface area (Å²) in [5.74, 6) is -0.670. The highest BCUT2D eigenvalue weighted by atomic mass is 35.5. The van der Waals surface area contributed by atoms with Gasteiger partial charge in [0, 0.05) is 32.0 Å². The lowest BCUT2D eigenvalue weighted by molar-refractivity contribution is 0.0566. The maximum absolute atomic E-state index is 15.3. The van der Waals surface area contributed by atoms with E-state index < -0.39 is 25.5 Å². The van der Waals surface area contributed by atoms with Crippen LogP contribution in [0.5, 0.6) is 5.75 Å². The first-order chi connectivity index (χ1) is 12.8. The molecule has 0 spiro atoms. The lowest BCUT2D eigenvalue weighted by Crippen LogP contribution is -2.51. The lowest BCUT2D eigenvalue weighted by atomic mass is 9.90. The van der Waals surface area contributed by atoms with Crippen molar-refractivity contribution in [2.45, 2.75) is 75.7 Å². The smallest absolute Gasteiger partial charge is 0.218 e. The first kappa shape index (κ1) is 24.0. The summed E-state index contributed by atoms with van der Waals surface area (Å²) in [4.78, 5) is 1.55. The second-order valence-electron chi connectivity index (χ2n) is 6.32. The van der Waals surface area contributed by atoms with E-state index in [-0.39, 0.29) is 23.6 Å². The van der Waals surface area contributed by atoms with Crippen molar-refractivity contribution in [2.24, 2.45) is 0 Å². The zero-order chi connectivity index (χ0) is 20.8. The first-order valence-corrected chi connectivity index (χ1v) is 11.6. The summed E-state index contributed by atoms with van der Waals surface area (Å²) < 4.78 is 40.8. The lowest BCUT2D eigenvalue weighted by Gasteiger charge is -2.43. The molecule has 0 bridgehead atoms. The van der Waals surface area contributed by atoms with Gasteiger partial charge >= 0.3 is 0 Å². The van der Waals surface area contributed by atoms with Gasteiger partial charge in [0.05, 0.1) is 10.7 Å². The van der Waals surface area contributed by atoms with Crippen LogP contribution in [0.25, 0.3) is 0 Å². The van der Waals surface area contributed by atoms with E-state index in [1.54, 1.807) is 0 Å². The van der Waals surface area contributed by atoms with E-state index in [1.807, 2.05) is 27.7 Å². The molecule has 2 fully saturated rings. The number of benzene rings is 1. The Kier molecular flexibility index (Phi) is 8.83. The maximum atomic E-state index is 15.3. The Labute approximate surface area is 167 Å². The van der Waals surface area contributed by atoms with Gasteiger partial charge in [0.25, 0.3) is 0 Å². The summed E-state index contributed by atoms with van der Waals surface area (Å²) in [6.07, 6.45) is 3.10. The molecule has 0 radical (unpaired) electrons. The Morgan fingerprint density at radius 2 is 1.70 bits per heavy atom. The fourth-order valence-electron chi connectivity index (χ4n) is 3.24. The van der Waals surface area contributed by atoms with E-state index >= 15 is 4.39 Å². The number of nitrogen functional groups attached to an aromatic ring is 1. The highest BCUT2D eigenvalue weighted by Gasteiger charge is 2.50. The Morgan fingerprint density at radius 3 is 2.15 bits per heavy atom. The number of hydrogen-bond donors (Lipinski definition) is 2. The minimum atomic E-state index is -4.44. The van der Waals surface area contributed by atoms with Crippen LogP contribution in [0.2, 0.25) is 5.02 Å². The molecule has 3 rings (SSSR count). The molecule has 156 valence electrons. The average Bonchev–Trinajstić information content (AvgIpc) is 2.62. The van der Waals surface area contributed by atoms with E-state index in [9.17, 15) is 13.5 Å². The molecular weight excluding hydrogens is 391 g/mol. The fraction of sp³-hybridized carbons (Fsp3) is 0.684. The predicted molar refractivity (Wildman–Crippen MR) is 110 cm³/mol. The van der Waals surface area contributed by atoms with Crippen LogP contribution in [0.4, 0.5) is 10.1 Å². The van der Waals surface area contributed by atoms with Crippen LogP contribution >= 0.6 is 11.6 Å². The molecule has 3 N–H and O–H groups in total. The minimum Gasteiger partial charge on any atom is -0.504 e. The highest BCUT2D eigenvalue weighted by Crippen LogP contribution is 2.45. The van der Waals surface area contributed by atoms with Gasteiger partial charge in [-0.1, -0.05) is 45.7 Å². The zero-order valence-electron chi connectivity index (χ0n) is 16.6. The molecule has 0 amide bonds. The summed E-state index contributed by atoms with van der Waals surface area (Å²) in [6, 6.07) is 3.00. The van der Waals surface area contributed by atoms with Crippen LogP contribution in [0.15, 0.2) is 17.0 Å². The van der Waals surface area contributed by atoms with Gasteiger partial charge < -0.3 is 15.7 Å². The summed E-state index contributed by atoms with van der Waals surface area (Å²) >= 11 is 5.91. The Balaban J connectivity index is 0.000000855. The van der Waals surface area contributed by atoms with E-state index in [1.165, 1.54) is 18.6 Å². The van der Waals surface area contributed by atoms with Gasteiger partial charge in [-0.05, 0) is 25.0 Å². The minimum absolute atomic E-state index is 0.129. The number of halogens is 2. The van der Waals surface area contributed by atoms with Crippen LogP contribution in [-0.2, 0) is 9.84 Å². The van der Waals surface area contributed by atoms with Crippen LogP contribution in [0.1, 0.15) is 59.8 Å². The Hall–Kier alpha value is -1.05. The molecule has 1 heterocycles. The molecule has 1 aromatic rings. The van der Waals surface area contributed by atoms with Crippen molar-refractivity contribution in [2.75, 3.05) is 18.8 Å². The van der Waals surface area contributed by atoms with Crippen molar-refractivity contribution in [1.29, 1.82) is 0 Å². The molecule has 1 aromatic carbocycles. The molecule has 27 heavy (non-hydrogen) atoms. The highest BCUT2D eigenvalue weighted by molar-refractivity contribution is 7.92. The van der Waals surface area contributed by atoms with Gasteiger partial charge in [-0.3, -0.25) is 0 Å². The Morgan fingerprint density at radius 1 is 1.19 bits per heavy atom. The van der Waals surface area contributed by atoms with Gasteiger partial charge in [-0.25, -0.2) is 12.8 Å². The van der Waals surface area contributed by atoms with Gasteiger partial charge in [0.15, 0.2) is 5.75 Å². The number of anilines is 1. The summed E-state index contributed by atoms with van der Waals surface area (Å²) in [6.45, 7) is 8.78. The van der Waals surface area contributed by atoms with E-state index in [4.69, 9.17) is 17.3 Å². The van der Waals surface area contributed by atoms with Crippen molar-refractivity contribution in [1.82, 2.24) is 4.90 Å². The van der Waals surface area contributed by atoms with Crippen LogP contribution in [0.3, 0.4) is 0 Å². The van der Waals surface area contributed by atoms with Crippen LogP contribution in [-0.4, -0.2) is 42.6 Å². The second kappa shape index (κ2) is 9.94. The van der Waals surface area contributed by atoms with Gasteiger partial charge in [0.2, 0.25) is 14.8 Å². The standard InChI is InChI=1S/C15H20ClFN2O3S.2C2H6/c16-11-4-5-12(18)13(20)14(11)23(21,22)15(17)6-8-19(9-7-15)10-2-1-3-10;2*1-2/h4-5,10,20H,1-3,6-9,18H2;2*1-2H3. The molecule has 2 aliphatic rings. The van der Waals surface area contributed by atoms with Crippen molar-refractivity contribution in [3.63, 3.8) is 0 Å². The third-order valence-electron chi connectivity index (χ3n) is 5.00. The van der Waals surface area contributed by atoms with Crippen molar-refractivity contribution < 1.29 is 17.9 Å². The predicted octanol–water partition coefficient (Wildman–Crippen LogP) is 4.77. The van der Waals surface area contributed by atoms with Crippen molar-refractivity contribution in [3.8, 4) is 5.75 Å². The van der Waals surface area contributed by atoms with Gasteiger partial charge in [0.1, 0.15) is 4.90 Å². The maximum Gasteiger partial charge on any atom is 0.218 e. The SMILES string of the molecule is CC.CC.Nc1ccc(Cl)c(S(=O)(=O)C2(F)CCN(C3CCC3)CC2)c1O. The number of piperidine rings is 1. The zero-order valence-corrected chi connectivity index (χ0v) is 18.2. The molecule has 0 unspecified atom stereocenters. The number of nitrogens with two attached hydrogens (primary N) is 1. The number of phenols is 1. The number of rotatable bonds is 3. The topological polar surface area (TPSA) is 83.6 Å². The molecule has 1 aliphatic heterocycles. The number of sulfone groups is 1. The van der Waals surface area contributed by atoms with E-state index in [0.29, 0.717) is 19.1 Å². The molecule has 1 aliphatic carbocycles. The monoisotopic (exact) mass is 422 g/mol. The quantitative estimate of drug-likeness (QED) is 0.541. The molecule has 5 nitrogen and oxygen atoms in total. The van der Waals surface area contributed by atoms with Crippen LogP contribution in [0, 0.1) is 0 Å². The third kappa shape index (κ3) is 4.69. The normalized spacial score (nSPS) is 19.8. The number of nitrogens with zero attached hydrogens (tertiary/aromatic N) is 1. The van der Waals surface area contributed by atoms with Gasteiger partial charge in [-0.2, -0.15) is 0 Å². The largest absolute Gasteiger partial charge is 0.504 e. The molecule has 1 saturated heterocycles. The summed E-state index contributed by atoms with van der Waals surface area (Å²) in [5.41, 5.74) is 5.41. The molecule has 8 heteroatoms. The molecule has 0 aromatic heterocycles.